The Morgan fingerprint density at radius 3 is 2.87 bits per heavy atom. The molecule has 1 N–H and O–H groups in total. The number of pyridine rings is 1. The fraction of sp³-hybridized carbons (Fsp3) is 0.412. The summed E-state index contributed by atoms with van der Waals surface area (Å²) in [5, 5.41) is 3.81. The maximum atomic E-state index is 12.6. The first kappa shape index (κ1) is 17.5. The molecule has 1 fully saturated rings. The lowest BCUT2D eigenvalue weighted by molar-refractivity contribution is -0.132. The Morgan fingerprint density at radius 2 is 2.09 bits per heavy atom. The standard InChI is InChI=1S/C17H21N3O2.ClH/c1-18-11-13-5-4-9-20(13)17(22)12-19-10-8-16(21)14-6-2-3-7-15(14)19;/h2-3,6-8,10,13,18H,4-5,9,11-12H2,1H3;1H. The zero-order chi connectivity index (χ0) is 15.5. The fourth-order valence-corrected chi connectivity index (χ4v) is 3.25. The maximum Gasteiger partial charge on any atom is 0.242 e. The molecule has 0 aliphatic carbocycles. The van der Waals surface area contributed by atoms with E-state index in [0.29, 0.717) is 5.39 Å². The Bertz CT molecular complexity index is 744. The number of aromatic nitrogens is 1. The summed E-state index contributed by atoms with van der Waals surface area (Å²) < 4.78 is 1.87. The second kappa shape index (κ2) is 7.62. The lowest BCUT2D eigenvalue weighted by Gasteiger charge is -2.25. The van der Waals surface area contributed by atoms with Crippen LogP contribution < -0.4 is 10.7 Å². The summed E-state index contributed by atoms with van der Waals surface area (Å²) in [6.45, 7) is 1.93. The van der Waals surface area contributed by atoms with Crippen LogP contribution in [0.25, 0.3) is 10.9 Å². The largest absolute Gasteiger partial charge is 0.338 e. The number of hydrogen-bond donors (Lipinski definition) is 1. The molecule has 1 aromatic heterocycles. The van der Waals surface area contributed by atoms with Gasteiger partial charge in [-0.15, -0.1) is 12.4 Å². The van der Waals surface area contributed by atoms with E-state index in [1.165, 1.54) is 6.07 Å². The average molecular weight is 336 g/mol. The Labute approximate surface area is 141 Å². The average Bonchev–Trinajstić information content (AvgIpc) is 2.99. The van der Waals surface area contributed by atoms with Crippen LogP contribution in [0.3, 0.4) is 0 Å². The number of likely N-dealkylation sites (tertiary alicyclic amines) is 1. The molecule has 5 nitrogen and oxygen atoms in total. The zero-order valence-electron chi connectivity index (χ0n) is 13.2. The predicted molar refractivity (Wildman–Crippen MR) is 94.1 cm³/mol. The predicted octanol–water partition coefficient (Wildman–Crippen LogP) is 1.63. The van der Waals surface area contributed by atoms with Crippen molar-refractivity contribution in [3.63, 3.8) is 0 Å². The number of carbonyl (C=O) groups is 1. The van der Waals surface area contributed by atoms with Crippen molar-refractivity contribution >= 4 is 29.2 Å². The van der Waals surface area contributed by atoms with Gasteiger partial charge in [-0.1, -0.05) is 12.1 Å². The zero-order valence-corrected chi connectivity index (χ0v) is 14.0. The fourth-order valence-electron chi connectivity index (χ4n) is 3.25. The van der Waals surface area contributed by atoms with Gasteiger partial charge in [0.15, 0.2) is 5.43 Å². The van der Waals surface area contributed by atoms with Gasteiger partial charge in [0.25, 0.3) is 0 Å². The molecule has 2 heterocycles. The van der Waals surface area contributed by atoms with Gasteiger partial charge in [0.05, 0.1) is 5.52 Å². The van der Waals surface area contributed by atoms with Crippen molar-refractivity contribution in [3.05, 3.63) is 46.8 Å². The number of benzene rings is 1. The molecule has 1 aliphatic rings. The number of nitrogens with zero attached hydrogens (tertiary/aromatic N) is 2. The van der Waals surface area contributed by atoms with E-state index in [9.17, 15) is 9.59 Å². The summed E-state index contributed by atoms with van der Waals surface area (Å²) in [5.41, 5.74) is 0.807. The number of para-hydroxylation sites is 1. The number of carbonyl (C=O) groups excluding carboxylic acids is 1. The second-order valence-corrected chi connectivity index (χ2v) is 5.77. The van der Waals surface area contributed by atoms with Crippen LogP contribution in [-0.4, -0.2) is 41.6 Å². The van der Waals surface area contributed by atoms with Crippen molar-refractivity contribution in [2.24, 2.45) is 0 Å². The van der Waals surface area contributed by atoms with Crippen LogP contribution in [0.15, 0.2) is 41.3 Å². The van der Waals surface area contributed by atoms with E-state index >= 15 is 0 Å². The van der Waals surface area contributed by atoms with Crippen molar-refractivity contribution in [3.8, 4) is 0 Å². The van der Waals surface area contributed by atoms with E-state index in [1.807, 2.05) is 34.7 Å². The Morgan fingerprint density at radius 1 is 1.30 bits per heavy atom. The van der Waals surface area contributed by atoms with E-state index in [-0.39, 0.29) is 36.3 Å². The van der Waals surface area contributed by atoms with Gasteiger partial charge < -0.3 is 14.8 Å². The molecule has 1 aliphatic heterocycles. The molecule has 0 spiro atoms. The van der Waals surface area contributed by atoms with Crippen LogP contribution in [0, 0.1) is 0 Å². The molecule has 1 unspecified atom stereocenters. The molecule has 1 aromatic carbocycles. The topological polar surface area (TPSA) is 54.3 Å². The van der Waals surface area contributed by atoms with Gasteiger partial charge in [0.1, 0.15) is 6.54 Å². The van der Waals surface area contributed by atoms with Gasteiger partial charge in [-0.2, -0.15) is 0 Å². The van der Waals surface area contributed by atoms with Crippen molar-refractivity contribution in [1.29, 1.82) is 0 Å². The number of amides is 1. The molecule has 0 saturated carbocycles. The van der Waals surface area contributed by atoms with E-state index < -0.39 is 0 Å². The van der Waals surface area contributed by atoms with Gasteiger partial charge in [0, 0.05) is 36.8 Å². The van der Waals surface area contributed by atoms with Crippen LogP contribution in [0.2, 0.25) is 0 Å². The Balaban J connectivity index is 0.00000192. The molecule has 124 valence electrons. The molecule has 0 bridgehead atoms. The summed E-state index contributed by atoms with van der Waals surface area (Å²) in [6, 6.07) is 9.24. The Hall–Kier alpha value is -1.85. The molecule has 1 atom stereocenters. The van der Waals surface area contributed by atoms with Crippen molar-refractivity contribution in [1.82, 2.24) is 14.8 Å². The van der Waals surface area contributed by atoms with Gasteiger partial charge in [-0.05, 0) is 32.0 Å². The van der Waals surface area contributed by atoms with Crippen LogP contribution >= 0.6 is 12.4 Å². The number of rotatable bonds is 4. The van der Waals surface area contributed by atoms with Crippen molar-refractivity contribution in [2.75, 3.05) is 20.1 Å². The van der Waals surface area contributed by atoms with Gasteiger partial charge in [0.2, 0.25) is 5.91 Å². The number of hydrogen-bond acceptors (Lipinski definition) is 3. The number of likely N-dealkylation sites (N-methyl/N-ethyl adjacent to an activating group) is 1. The minimum atomic E-state index is -0.00599. The highest BCUT2D eigenvalue weighted by Gasteiger charge is 2.28. The molecule has 2 aromatic rings. The Kier molecular flexibility index (Phi) is 5.80. The van der Waals surface area contributed by atoms with Crippen molar-refractivity contribution in [2.45, 2.75) is 25.4 Å². The minimum Gasteiger partial charge on any atom is -0.338 e. The van der Waals surface area contributed by atoms with Gasteiger partial charge in [-0.3, -0.25) is 9.59 Å². The summed E-state index contributed by atoms with van der Waals surface area (Å²) in [6.07, 6.45) is 3.83. The monoisotopic (exact) mass is 335 g/mol. The molecule has 6 heteroatoms. The van der Waals surface area contributed by atoms with Crippen LogP contribution in [0.5, 0.6) is 0 Å². The molecule has 23 heavy (non-hydrogen) atoms. The SMILES string of the molecule is CNCC1CCCN1C(=O)Cn1ccc(=O)c2ccccc21.Cl. The first-order chi connectivity index (χ1) is 10.7. The smallest absolute Gasteiger partial charge is 0.242 e. The highest BCUT2D eigenvalue weighted by Crippen LogP contribution is 2.18. The third kappa shape index (κ3) is 3.57. The quantitative estimate of drug-likeness (QED) is 0.924. The molecule has 1 saturated heterocycles. The first-order valence-corrected chi connectivity index (χ1v) is 7.73. The molecule has 3 rings (SSSR count). The maximum absolute atomic E-state index is 12.6. The number of halogens is 1. The van der Waals surface area contributed by atoms with Gasteiger partial charge >= 0.3 is 0 Å². The summed E-state index contributed by atoms with van der Waals surface area (Å²) >= 11 is 0. The number of fused-ring (bicyclic) bond motifs is 1. The minimum absolute atomic E-state index is 0. The van der Waals surface area contributed by atoms with Crippen LogP contribution in [-0.2, 0) is 11.3 Å². The summed E-state index contributed by atoms with van der Waals surface area (Å²) in [5.74, 6) is 0.117. The van der Waals surface area contributed by atoms with Crippen LogP contribution in [0.1, 0.15) is 12.8 Å². The highest BCUT2D eigenvalue weighted by molar-refractivity contribution is 5.85. The molecular weight excluding hydrogens is 314 g/mol. The highest BCUT2D eigenvalue weighted by atomic mass is 35.5. The third-order valence-electron chi connectivity index (χ3n) is 4.33. The normalized spacial score (nSPS) is 17.3. The van der Waals surface area contributed by atoms with Crippen molar-refractivity contribution < 1.29 is 4.79 Å². The van der Waals surface area contributed by atoms with Gasteiger partial charge in [-0.25, -0.2) is 0 Å². The lowest BCUT2D eigenvalue weighted by Crippen LogP contribution is -2.42. The van der Waals surface area contributed by atoms with E-state index in [4.69, 9.17) is 0 Å². The van der Waals surface area contributed by atoms with E-state index in [1.54, 1.807) is 12.3 Å². The third-order valence-corrected chi connectivity index (χ3v) is 4.33. The summed E-state index contributed by atoms with van der Waals surface area (Å²) in [4.78, 5) is 26.5. The number of nitrogens with one attached hydrogen (secondary N) is 1. The van der Waals surface area contributed by atoms with E-state index in [0.717, 1.165) is 31.4 Å². The molecular formula is C17H22ClN3O2. The molecule has 0 radical (unpaired) electrons. The second-order valence-electron chi connectivity index (χ2n) is 5.77. The molecule has 1 amide bonds. The van der Waals surface area contributed by atoms with Crippen LogP contribution in [0.4, 0.5) is 0 Å². The first-order valence-electron chi connectivity index (χ1n) is 7.73. The lowest BCUT2D eigenvalue weighted by atomic mass is 10.2. The van der Waals surface area contributed by atoms with E-state index in [2.05, 4.69) is 5.32 Å². The summed E-state index contributed by atoms with van der Waals surface area (Å²) in [7, 11) is 1.91.